The number of carbonyl (C=O) groups is 1. The largest absolute Gasteiger partial charge is 0.366 e. The summed E-state index contributed by atoms with van der Waals surface area (Å²) in [5.41, 5.74) is 2.39. The summed E-state index contributed by atoms with van der Waals surface area (Å²) in [5.74, 6) is -0.125. The first kappa shape index (κ1) is 11.1. The highest BCUT2D eigenvalue weighted by atomic mass is 16.5. The predicted octanol–water partition coefficient (Wildman–Crippen LogP) is -0.0466. The number of rotatable bonds is 2. The number of aromatic amines is 1. The molecule has 16 heavy (non-hydrogen) atoms. The Morgan fingerprint density at radius 1 is 1.56 bits per heavy atom. The number of carbonyl (C=O) groups excluding carboxylic acids is 1. The van der Waals surface area contributed by atoms with E-state index in [1.165, 1.54) is 0 Å². The lowest BCUT2D eigenvalue weighted by molar-refractivity contribution is -0.128. The van der Waals surface area contributed by atoms with Crippen molar-refractivity contribution in [2.75, 3.05) is 25.0 Å². The number of anilines is 1. The molecule has 1 aliphatic rings. The van der Waals surface area contributed by atoms with Gasteiger partial charge in [-0.3, -0.25) is 9.89 Å². The number of ether oxygens (including phenoxy) is 1. The van der Waals surface area contributed by atoms with Crippen molar-refractivity contribution in [3.05, 3.63) is 11.4 Å². The molecule has 2 heterocycles. The third-order valence-electron chi connectivity index (χ3n) is 2.60. The number of aromatic nitrogens is 2. The molecule has 1 unspecified atom stereocenters. The molecule has 1 fully saturated rings. The zero-order valence-corrected chi connectivity index (χ0v) is 9.46. The molecule has 88 valence electrons. The Morgan fingerprint density at radius 3 is 2.94 bits per heavy atom. The van der Waals surface area contributed by atoms with Gasteiger partial charge in [-0.15, -0.1) is 0 Å². The Labute approximate surface area is 93.8 Å². The average molecular weight is 224 g/mol. The number of nitrogens with one attached hydrogen (secondary N) is 3. The SMILES string of the molecule is Cc1n[nH]c(C)c1NC(=O)C1CNCCO1. The van der Waals surface area contributed by atoms with Crippen LogP contribution in [-0.4, -0.2) is 41.9 Å². The summed E-state index contributed by atoms with van der Waals surface area (Å²) < 4.78 is 5.36. The molecular formula is C10H16N4O2. The molecule has 6 nitrogen and oxygen atoms in total. The molecule has 3 N–H and O–H groups in total. The van der Waals surface area contributed by atoms with Gasteiger partial charge in [-0.2, -0.15) is 5.10 Å². The first-order chi connectivity index (χ1) is 7.68. The lowest BCUT2D eigenvalue weighted by Gasteiger charge is -2.22. The molecule has 1 aliphatic heterocycles. The topological polar surface area (TPSA) is 79.0 Å². The lowest BCUT2D eigenvalue weighted by atomic mass is 10.2. The summed E-state index contributed by atoms with van der Waals surface area (Å²) in [6.07, 6.45) is -0.414. The number of aryl methyl sites for hydroxylation is 2. The average Bonchev–Trinajstić information content (AvgIpc) is 2.62. The van der Waals surface area contributed by atoms with Crippen LogP contribution in [0.1, 0.15) is 11.4 Å². The lowest BCUT2D eigenvalue weighted by Crippen LogP contribution is -2.45. The van der Waals surface area contributed by atoms with E-state index in [-0.39, 0.29) is 5.91 Å². The minimum atomic E-state index is -0.414. The Bertz CT molecular complexity index is 363. The van der Waals surface area contributed by atoms with E-state index < -0.39 is 6.10 Å². The van der Waals surface area contributed by atoms with E-state index in [0.29, 0.717) is 13.2 Å². The monoisotopic (exact) mass is 224 g/mol. The summed E-state index contributed by atoms with van der Waals surface area (Å²) in [6.45, 7) is 5.64. The molecule has 0 aliphatic carbocycles. The van der Waals surface area contributed by atoms with Gasteiger partial charge >= 0.3 is 0 Å². The van der Waals surface area contributed by atoms with E-state index in [1.54, 1.807) is 0 Å². The number of hydrogen-bond acceptors (Lipinski definition) is 4. The molecule has 1 aromatic rings. The van der Waals surface area contributed by atoms with Gasteiger partial charge in [-0.1, -0.05) is 0 Å². The first-order valence-electron chi connectivity index (χ1n) is 5.33. The fraction of sp³-hybridized carbons (Fsp3) is 0.600. The number of morpholine rings is 1. The van der Waals surface area contributed by atoms with Crippen molar-refractivity contribution < 1.29 is 9.53 Å². The van der Waals surface area contributed by atoms with Gasteiger partial charge in [0.25, 0.3) is 5.91 Å². The smallest absolute Gasteiger partial charge is 0.254 e. The number of hydrogen-bond donors (Lipinski definition) is 3. The zero-order valence-electron chi connectivity index (χ0n) is 9.46. The first-order valence-corrected chi connectivity index (χ1v) is 5.33. The quantitative estimate of drug-likeness (QED) is 0.658. The van der Waals surface area contributed by atoms with Crippen molar-refractivity contribution in [3.8, 4) is 0 Å². The van der Waals surface area contributed by atoms with Gasteiger partial charge in [-0.05, 0) is 13.8 Å². The second-order valence-electron chi connectivity index (χ2n) is 3.86. The number of amides is 1. The van der Waals surface area contributed by atoms with E-state index in [4.69, 9.17) is 4.74 Å². The van der Waals surface area contributed by atoms with Gasteiger partial charge in [0, 0.05) is 13.1 Å². The van der Waals surface area contributed by atoms with Crippen LogP contribution < -0.4 is 10.6 Å². The summed E-state index contributed by atoms with van der Waals surface area (Å²) in [5, 5.41) is 12.8. The Hall–Kier alpha value is -1.40. The normalized spacial score (nSPS) is 20.8. The summed E-state index contributed by atoms with van der Waals surface area (Å²) in [7, 11) is 0. The molecule has 6 heteroatoms. The van der Waals surface area contributed by atoms with Crippen LogP contribution in [-0.2, 0) is 9.53 Å². The van der Waals surface area contributed by atoms with E-state index >= 15 is 0 Å². The summed E-state index contributed by atoms with van der Waals surface area (Å²) in [4.78, 5) is 11.9. The second kappa shape index (κ2) is 4.63. The van der Waals surface area contributed by atoms with E-state index in [2.05, 4.69) is 20.8 Å². The Morgan fingerprint density at radius 2 is 2.38 bits per heavy atom. The van der Waals surface area contributed by atoms with Crippen molar-refractivity contribution in [2.24, 2.45) is 0 Å². The Balaban J connectivity index is 2.01. The van der Waals surface area contributed by atoms with Gasteiger partial charge in [0.1, 0.15) is 6.10 Å². The molecular weight excluding hydrogens is 208 g/mol. The van der Waals surface area contributed by atoms with Crippen LogP contribution in [0.2, 0.25) is 0 Å². The molecule has 2 rings (SSSR count). The molecule has 0 bridgehead atoms. The van der Waals surface area contributed by atoms with E-state index in [0.717, 1.165) is 23.6 Å². The molecule has 0 radical (unpaired) electrons. The van der Waals surface area contributed by atoms with Crippen molar-refractivity contribution in [2.45, 2.75) is 20.0 Å². The van der Waals surface area contributed by atoms with Crippen molar-refractivity contribution in [1.82, 2.24) is 15.5 Å². The van der Waals surface area contributed by atoms with E-state index in [9.17, 15) is 4.79 Å². The molecule has 0 spiro atoms. The maximum Gasteiger partial charge on any atom is 0.254 e. The summed E-state index contributed by atoms with van der Waals surface area (Å²) >= 11 is 0. The van der Waals surface area contributed by atoms with Gasteiger partial charge < -0.3 is 15.4 Å². The van der Waals surface area contributed by atoms with Gasteiger partial charge in [0.2, 0.25) is 0 Å². The highest BCUT2D eigenvalue weighted by Gasteiger charge is 2.23. The highest BCUT2D eigenvalue weighted by Crippen LogP contribution is 2.16. The van der Waals surface area contributed by atoms with Gasteiger partial charge in [-0.25, -0.2) is 0 Å². The van der Waals surface area contributed by atoms with Gasteiger partial charge in [0.15, 0.2) is 0 Å². The van der Waals surface area contributed by atoms with E-state index in [1.807, 2.05) is 13.8 Å². The predicted molar refractivity (Wildman–Crippen MR) is 59.3 cm³/mol. The minimum absolute atomic E-state index is 0.125. The molecule has 1 saturated heterocycles. The van der Waals surface area contributed by atoms with Crippen LogP contribution in [0.15, 0.2) is 0 Å². The molecule has 1 amide bonds. The second-order valence-corrected chi connectivity index (χ2v) is 3.86. The minimum Gasteiger partial charge on any atom is -0.366 e. The maximum atomic E-state index is 11.9. The van der Waals surface area contributed by atoms with Crippen molar-refractivity contribution in [3.63, 3.8) is 0 Å². The van der Waals surface area contributed by atoms with Gasteiger partial charge in [0.05, 0.1) is 23.7 Å². The number of nitrogens with zero attached hydrogens (tertiary/aromatic N) is 1. The summed E-state index contributed by atoms with van der Waals surface area (Å²) in [6, 6.07) is 0. The third kappa shape index (κ3) is 2.23. The van der Waals surface area contributed by atoms with Crippen LogP contribution >= 0.6 is 0 Å². The molecule has 1 atom stereocenters. The van der Waals surface area contributed by atoms with Crippen molar-refractivity contribution >= 4 is 11.6 Å². The van der Waals surface area contributed by atoms with Crippen LogP contribution in [0, 0.1) is 13.8 Å². The molecule has 1 aromatic heterocycles. The fourth-order valence-corrected chi connectivity index (χ4v) is 1.67. The maximum absolute atomic E-state index is 11.9. The standard InChI is InChI=1S/C10H16N4O2/c1-6-9(7(2)14-13-6)12-10(15)8-5-11-3-4-16-8/h8,11H,3-5H2,1-2H3,(H,12,15)(H,13,14). The van der Waals surface area contributed by atoms with Crippen LogP contribution in [0.4, 0.5) is 5.69 Å². The highest BCUT2D eigenvalue weighted by molar-refractivity contribution is 5.95. The molecule has 0 saturated carbocycles. The third-order valence-corrected chi connectivity index (χ3v) is 2.60. The fourth-order valence-electron chi connectivity index (χ4n) is 1.67. The number of H-pyrrole nitrogens is 1. The molecule has 0 aromatic carbocycles. The van der Waals surface area contributed by atoms with Crippen LogP contribution in [0.3, 0.4) is 0 Å². The van der Waals surface area contributed by atoms with Crippen LogP contribution in [0.5, 0.6) is 0 Å². The Kier molecular flexibility index (Phi) is 3.21. The van der Waals surface area contributed by atoms with Crippen LogP contribution in [0.25, 0.3) is 0 Å². The zero-order chi connectivity index (χ0) is 11.5. The van der Waals surface area contributed by atoms with Crippen molar-refractivity contribution in [1.29, 1.82) is 0 Å².